The van der Waals surface area contributed by atoms with Crippen LogP contribution in [0.1, 0.15) is 22.8 Å². The number of hydrogen-bond donors (Lipinski definition) is 1. The zero-order chi connectivity index (χ0) is 18.4. The van der Waals surface area contributed by atoms with Crippen molar-refractivity contribution in [2.75, 3.05) is 25.5 Å². The number of ether oxygens (including phenoxy) is 1. The van der Waals surface area contributed by atoms with Gasteiger partial charge in [-0.05, 0) is 61.9 Å². The Morgan fingerprint density at radius 1 is 1.16 bits per heavy atom. The van der Waals surface area contributed by atoms with Gasteiger partial charge in [0, 0.05) is 22.8 Å². The average molecular weight is 405 g/mol. The number of carbonyl (C=O) groups is 2. The lowest BCUT2D eigenvalue weighted by molar-refractivity contribution is -0.116. The number of rotatable bonds is 6. The first-order valence-electron chi connectivity index (χ1n) is 7.95. The Hall–Kier alpha value is -2.34. The van der Waals surface area contributed by atoms with E-state index in [9.17, 15) is 9.59 Å². The highest BCUT2D eigenvalue weighted by molar-refractivity contribution is 9.10. The standard InChI is InChI=1S/C19H21BrN2O3/c1-4-25-16-8-5-14(6-9-16)19(24)22(3)12-18(23)21-17-10-7-15(20)11-13(17)2/h5-11H,4,12H2,1-3H3,(H,21,23). The van der Waals surface area contributed by atoms with E-state index in [0.717, 1.165) is 15.7 Å². The summed E-state index contributed by atoms with van der Waals surface area (Å²) in [5, 5.41) is 2.83. The van der Waals surface area contributed by atoms with Crippen LogP contribution in [0.3, 0.4) is 0 Å². The first kappa shape index (κ1) is 19.0. The molecular formula is C19H21BrN2O3. The molecule has 25 heavy (non-hydrogen) atoms. The van der Waals surface area contributed by atoms with Crippen LogP contribution in [0.15, 0.2) is 46.9 Å². The molecule has 0 radical (unpaired) electrons. The summed E-state index contributed by atoms with van der Waals surface area (Å²) >= 11 is 3.39. The van der Waals surface area contributed by atoms with Crippen molar-refractivity contribution in [3.8, 4) is 5.75 Å². The predicted octanol–water partition coefficient (Wildman–Crippen LogP) is 3.87. The molecule has 0 aromatic heterocycles. The number of aryl methyl sites for hydroxylation is 1. The van der Waals surface area contributed by atoms with E-state index >= 15 is 0 Å². The van der Waals surface area contributed by atoms with Gasteiger partial charge in [-0.25, -0.2) is 0 Å². The number of anilines is 1. The topological polar surface area (TPSA) is 58.6 Å². The summed E-state index contributed by atoms with van der Waals surface area (Å²) in [7, 11) is 1.60. The molecule has 0 aliphatic heterocycles. The van der Waals surface area contributed by atoms with Crippen LogP contribution in [0, 0.1) is 6.92 Å². The summed E-state index contributed by atoms with van der Waals surface area (Å²) in [6, 6.07) is 12.5. The van der Waals surface area contributed by atoms with Crippen LogP contribution in [-0.2, 0) is 4.79 Å². The molecule has 2 aromatic carbocycles. The highest BCUT2D eigenvalue weighted by atomic mass is 79.9. The zero-order valence-corrected chi connectivity index (χ0v) is 16.1. The predicted molar refractivity (Wildman–Crippen MR) is 102 cm³/mol. The number of likely N-dealkylation sites (N-methyl/N-ethyl adjacent to an activating group) is 1. The molecule has 5 nitrogen and oxygen atoms in total. The van der Waals surface area contributed by atoms with Crippen molar-refractivity contribution in [3.05, 3.63) is 58.1 Å². The third kappa shape index (κ3) is 5.32. The molecule has 0 unspecified atom stereocenters. The molecule has 0 atom stereocenters. The minimum absolute atomic E-state index is 0.0262. The minimum Gasteiger partial charge on any atom is -0.494 e. The second-order valence-electron chi connectivity index (χ2n) is 5.63. The maximum Gasteiger partial charge on any atom is 0.254 e. The van der Waals surface area contributed by atoms with Crippen molar-refractivity contribution in [1.29, 1.82) is 0 Å². The molecule has 0 spiro atoms. The SMILES string of the molecule is CCOc1ccc(C(=O)N(C)CC(=O)Nc2ccc(Br)cc2C)cc1. The van der Waals surface area contributed by atoms with E-state index in [-0.39, 0.29) is 18.4 Å². The lowest BCUT2D eigenvalue weighted by atomic mass is 10.2. The van der Waals surface area contributed by atoms with Crippen molar-refractivity contribution < 1.29 is 14.3 Å². The number of benzene rings is 2. The fourth-order valence-corrected chi connectivity index (χ4v) is 2.80. The van der Waals surface area contributed by atoms with Crippen LogP contribution in [0.4, 0.5) is 5.69 Å². The van der Waals surface area contributed by atoms with Crippen molar-refractivity contribution in [2.24, 2.45) is 0 Å². The van der Waals surface area contributed by atoms with Gasteiger partial charge >= 0.3 is 0 Å². The lowest BCUT2D eigenvalue weighted by Gasteiger charge is -2.17. The summed E-state index contributed by atoms with van der Waals surface area (Å²) in [4.78, 5) is 26.0. The van der Waals surface area contributed by atoms with Gasteiger partial charge in [0.25, 0.3) is 5.91 Å². The summed E-state index contributed by atoms with van der Waals surface area (Å²) in [5.41, 5.74) is 2.19. The Bertz CT molecular complexity index is 760. The minimum atomic E-state index is -0.243. The molecule has 2 rings (SSSR count). The Balaban J connectivity index is 1.96. The second kappa shape index (κ2) is 8.67. The van der Waals surface area contributed by atoms with Gasteiger partial charge in [-0.2, -0.15) is 0 Å². The number of amides is 2. The van der Waals surface area contributed by atoms with Gasteiger partial charge in [-0.15, -0.1) is 0 Å². The van der Waals surface area contributed by atoms with Crippen LogP contribution in [0.5, 0.6) is 5.75 Å². The molecule has 0 saturated carbocycles. The number of carbonyl (C=O) groups excluding carboxylic acids is 2. The molecule has 0 saturated heterocycles. The maximum absolute atomic E-state index is 12.4. The Morgan fingerprint density at radius 3 is 2.44 bits per heavy atom. The van der Waals surface area contributed by atoms with Crippen molar-refractivity contribution in [3.63, 3.8) is 0 Å². The van der Waals surface area contributed by atoms with E-state index in [1.165, 1.54) is 4.90 Å². The van der Waals surface area contributed by atoms with Gasteiger partial charge in [-0.3, -0.25) is 9.59 Å². The smallest absolute Gasteiger partial charge is 0.254 e. The lowest BCUT2D eigenvalue weighted by Crippen LogP contribution is -2.35. The normalized spacial score (nSPS) is 10.2. The average Bonchev–Trinajstić information content (AvgIpc) is 2.57. The van der Waals surface area contributed by atoms with Crippen LogP contribution in [-0.4, -0.2) is 36.9 Å². The van der Waals surface area contributed by atoms with Crippen LogP contribution >= 0.6 is 15.9 Å². The van der Waals surface area contributed by atoms with Gasteiger partial charge in [0.1, 0.15) is 5.75 Å². The van der Waals surface area contributed by atoms with Crippen molar-refractivity contribution >= 4 is 33.4 Å². The quantitative estimate of drug-likeness (QED) is 0.794. The maximum atomic E-state index is 12.4. The monoisotopic (exact) mass is 404 g/mol. The van der Waals surface area contributed by atoms with E-state index in [1.807, 2.05) is 32.0 Å². The molecule has 2 aromatic rings. The van der Waals surface area contributed by atoms with E-state index in [1.54, 1.807) is 31.3 Å². The number of halogens is 1. The summed E-state index contributed by atoms with van der Waals surface area (Å²) in [6.07, 6.45) is 0. The Labute approximate surface area is 156 Å². The van der Waals surface area contributed by atoms with Gasteiger partial charge < -0.3 is 15.0 Å². The van der Waals surface area contributed by atoms with Gasteiger partial charge in [0.15, 0.2) is 0 Å². The first-order valence-corrected chi connectivity index (χ1v) is 8.74. The molecule has 0 aliphatic carbocycles. The number of nitrogens with zero attached hydrogens (tertiary/aromatic N) is 1. The molecule has 0 bridgehead atoms. The third-order valence-electron chi connectivity index (χ3n) is 3.60. The first-order chi connectivity index (χ1) is 11.9. The van der Waals surface area contributed by atoms with Gasteiger partial charge in [-0.1, -0.05) is 15.9 Å². The van der Waals surface area contributed by atoms with Crippen LogP contribution in [0.2, 0.25) is 0 Å². The summed E-state index contributed by atoms with van der Waals surface area (Å²) in [6.45, 7) is 4.36. The van der Waals surface area contributed by atoms with Gasteiger partial charge in [0.2, 0.25) is 5.91 Å². The fraction of sp³-hybridized carbons (Fsp3) is 0.263. The number of hydrogen-bond acceptors (Lipinski definition) is 3. The van der Waals surface area contributed by atoms with E-state index < -0.39 is 0 Å². The molecule has 6 heteroatoms. The molecular weight excluding hydrogens is 384 g/mol. The van der Waals surface area contributed by atoms with Crippen LogP contribution < -0.4 is 10.1 Å². The largest absolute Gasteiger partial charge is 0.494 e. The van der Waals surface area contributed by atoms with Crippen molar-refractivity contribution in [1.82, 2.24) is 4.90 Å². The van der Waals surface area contributed by atoms with E-state index in [0.29, 0.717) is 17.9 Å². The van der Waals surface area contributed by atoms with Crippen molar-refractivity contribution in [2.45, 2.75) is 13.8 Å². The molecule has 132 valence electrons. The number of nitrogens with one attached hydrogen (secondary N) is 1. The molecule has 0 heterocycles. The zero-order valence-electron chi connectivity index (χ0n) is 14.5. The highest BCUT2D eigenvalue weighted by Crippen LogP contribution is 2.20. The molecule has 1 N–H and O–H groups in total. The summed E-state index contributed by atoms with van der Waals surface area (Å²) < 4.78 is 6.31. The highest BCUT2D eigenvalue weighted by Gasteiger charge is 2.15. The molecule has 0 fully saturated rings. The van der Waals surface area contributed by atoms with Crippen LogP contribution in [0.25, 0.3) is 0 Å². The fourth-order valence-electron chi connectivity index (χ4n) is 2.33. The van der Waals surface area contributed by atoms with E-state index in [2.05, 4.69) is 21.2 Å². The summed E-state index contributed by atoms with van der Waals surface area (Å²) in [5.74, 6) is 0.253. The second-order valence-corrected chi connectivity index (χ2v) is 6.54. The Kier molecular flexibility index (Phi) is 6.58. The Morgan fingerprint density at radius 2 is 1.84 bits per heavy atom. The molecule has 2 amide bonds. The third-order valence-corrected chi connectivity index (χ3v) is 4.10. The molecule has 0 aliphatic rings. The van der Waals surface area contributed by atoms with E-state index in [4.69, 9.17) is 4.74 Å². The van der Waals surface area contributed by atoms with Gasteiger partial charge in [0.05, 0.1) is 13.2 Å².